The van der Waals surface area contributed by atoms with Crippen LogP contribution in [0.15, 0.2) is 30.5 Å². The van der Waals surface area contributed by atoms with Crippen LogP contribution in [0.1, 0.15) is 11.3 Å². The molecule has 0 saturated carbocycles. The number of aromatic nitrogens is 2. The lowest BCUT2D eigenvalue weighted by atomic mass is 10.2. The van der Waals surface area contributed by atoms with E-state index in [1.807, 2.05) is 32.1 Å². The molecule has 0 aliphatic heterocycles. The summed E-state index contributed by atoms with van der Waals surface area (Å²) in [5, 5.41) is 17.7. The first-order valence-electron chi connectivity index (χ1n) is 7.07. The van der Waals surface area contributed by atoms with Gasteiger partial charge in [-0.2, -0.15) is 5.10 Å². The second-order valence-electron chi connectivity index (χ2n) is 5.44. The summed E-state index contributed by atoms with van der Waals surface area (Å²) in [6.45, 7) is 2.70. The Labute approximate surface area is 133 Å². The van der Waals surface area contributed by atoms with Crippen molar-refractivity contribution in [3.8, 4) is 0 Å². The molecule has 0 aliphatic carbocycles. The van der Waals surface area contributed by atoms with Crippen LogP contribution in [-0.4, -0.2) is 39.1 Å². The van der Waals surface area contributed by atoms with Crippen molar-refractivity contribution in [2.75, 3.05) is 18.9 Å². The first-order valence-corrected chi connectivity index (χ1v) is 7.07. The molecule has 122 valence electrons. The van der Waals surface area contributed by atoms with E-state index in [9.17, 15) is 14.9 Å². The number of nitrogens with one attached hydrogen (secondary N) is 1. The van der Waals surface area contributed by atoms with Crippen molar-refractivity contribution >= 4 is 17.3 Å². The maximum absolute atomic E-state index is 12.0. The SMILES string of the molecule is Cc1nn(C)cc1CN(C)CC(=O)Nc1cccc([N+](=O)[O-])c1. The van der Waals surface area contributed by atoms with Crippen LogP contribution in [0.3, 0.4) is 0 Å². The number of benzene rings is 1. The van der Waals surface area contributed by atoms with Gasteiger partial charge in [-0.25, -0.2) is 0 Å². The van der Waals surface area contributed by atoms with Crippen LogP contribution in [0.2, 0.25) is 0 Å². The Morgan fingerprint density at radius 2 is 2.22 bits per heavy atom. The van der Waals surface area contributed by atoms with Crippen molar-refractivity contribution < 1.29 is 9.72 Å². The molecule has 0 fully saturated rings. The summed E-state index contributed by atoms with van der Waals surface area (Å²) < 4.78 is 1.74. The fourth-order valence-electron chi connectivity index (χ4n) is 2.29. The third-order valence-corrected chi connectivity index (χ3v) is 3.31. The maximum atomic E-state index is 12.0. The molecule has 0 unspecified atom stereocenters. The molecule has 0 aliphatic rings. The third-order valence-electron chi connectivity index (χ3n) is 3.31. The number of hydrogen-bond acceptors (Lipinski definition) is 5. The molecule has 8 nitrogen and oxygen atoms in total. The molecule has 0 radical (unpaired) electrons. The number of aryl methyl sites for hydroxylation is 2. The van der Waals surface area contributed by atoms with E-state index in [-0.39, 0.29) is 18.1 Å². The zero-order valence-electron chi connectivity index (χ0n) is 13.3. The Balaban J connectivity index is 1.92. The van der Waals surface area contributed by atoms with E-state index in [0.717, 1.165) is 11.3 Å². The molecule has 2 rings (SSSR count). The monoisotopic (exact) mass is 317 g/mol. The molecule has 1 amide bonds. The summed E-state index contributed by atoms with van der Waals surface area (Å²) in [5.41, 5.74) is 2.34. The minimum atomic E-state index is -0.493. The minimum absolute atomic E-state index is 0.0536. The van der Waals surface area contributed by atoms with E-state index in [1.54, 1.807) is 10.7 Å². The van der Waals surface area contributed by atoms with Crippen LogP contribution in [0, 0.1) is 17.0 Å². The van der Waals surface area contributed by atoms with Crippen molar-refractivity contribution in [2.45, 2.75) is 13.5 Å². The van der Waals surface area contributed by atoms with Crippen LogP contribution in [0.4, 0.5) is 11.4 Å². The second kappa shape index (κ2) is 7.01. The smallest absolute Gasteiger partial charge is 0.271 e. The fraction of sp³-hybridized carbons (Fsp3) is 0.333. The second-order valence-corrected chi connectivity index (χ2v) is 5.44. The first-order chi connectivity index (χ1) is 10.8. The average Bonchev–Trinajstić information content (AvgIpc) is 2.76. The Kier molecular flexibility index (Phi) is 5.07. The van der Waals surface area contributed by atoms with Gasteiger partial charge in [0.1, 0.15) is 0 Å². The standard InChI is InChI=1S/C15H19N5O3/c1-11-12(9-19(3)17-11)8-18(2)10-15(21)16-13-5-4-6-14(7-13)20(22)23/h4-7,9H,8,10H2,1-3H3,(H,16,21). The number of hydrogen-bond donors (Lipinski definition) is 1. The van der Waals surface area contributed by atoms with Crippen LogP contribution in [-0.2, 0) is 18.4 Å². The first kappa shape index (κ1) is 16.6. The number of likely N-dealkylation sites (N-methyl/N-ethyl adjacent to an activating group) is 1. The molecule has 8 heteroatoms. The Bertz CT molecular complexity index is 726. The van der Waals surface area contributed by atoms with Gasteiger partial charge in [-0.1, -0.05) is 6.07 Å². The molecule has 1 heterocycles. The van der Waals surface area contributed by atoms with Gasteiger partial charge < -0.3 is 5.32 Å². The van der Waals surface area contributed by atoms with E-state index in [1.165, 1.54) is 18.2 Å². The number of carbonyl (C=O) groups is 1. The van der Waals surface area contributed by atoms with E-state index in [4.69, 9.17) is 0 Å². The van der Waals surface area contributed by atoms with Gasteiger partial charge >= 0.3 is 0 Å². The molecule has 0 spiro atoms. The molecular weight excluding hydrogens is 298 g/mol. The number of carbonyl (C=O) groups excluding carboxylic acids is 1. The summed E-state index contributed by atoms with van der Waals surface area (Å²) in [5.74, 6) is -0.227. The van der Waals surface area contributed by atoms with E-state index in [2.05, 4.69) is 10.4 Å². The number of anilines is 1. The van der Waals surface area contributed by atoms with Gasteiger partial charge in [0.25, 0.3) is 5.69 Å². The van der Waals surface area contributed by atoms with Crippen molar-refractivity contribution in [2.24, 2.45) is 7.05 Å². The Morgan fingerprint density at radius 3 is 2.83 bits per heavy atom. The highest BCUT2D eigenvalue weighted by Gasteiger charge is 2.12. The molecule has 0 atom stereocenters. The predicted molar refractivity (Wildman–Crippen MR) is 86.0 cm³/mol. The van der Waals surface area contributed by atoms with Gasteiger partial charge in [-0.3, -0.25) is 24.5 Å². The van der Waals surface area contributed by atoms with Crippen LogP contribution in [0.5, 0.6) is 0 Å². The van der Waals surface area contributed by atoms with Gasteiger partial charge in [0.05, 0.1) is 17.2 Å². The van der Waals surface area contributed by atoms with Crippen molar-refractivity contribution in [3.63, 3.8) is 0 Å². The van der Waals surface area contributed by atoms with Crippen molar-refractivity contribution in [1.29, 1.82) is 0 Å². The van der Waals surface area contributed by atoms with Crippen molar-refractivity contribution in [1.82, 2.24) is 14.7 Å². The van der Waals surface area contributed by atoms with Crippen LogP contribution >= 0.6 is 0 Å². The zero-order chi connectivity index (χ0) is 17.0. The van der Waals surface area contributed by atoms with Gasteiger partial charge in [-0.15, -0.1) is 0 Å². The largest absolute Gasteiger partial charge is 0.325 e. The quantitative estimate of drug-likeness (QED) is 0.646. The third kappa shape index (κ3) is 4.62. The molecule has 0 bridgehead atoms. The number of rotatable bonds is 6. The van der Waals surface area contributed by atoms with E-state index < -0.39 is 4.92 Å². The summed E-state index contributed by atoms with van der Waals surface area (Å²) in [6, 6.07) is 5.88. The maximum Gasteiger partial charge on any atom is 0.271 e. The molecule has 1 N–H and O–H groups in total. The summed E-state index contributed by atoms with van der Waals surface area (Å²) in [4.78, 5) is 24.1. The summed E-state index contributed by atoms with van der Waals surface area (Å²) in [6.07, 6.45) is 1.92. The Morgan fingerprint density at radius 1 is 1.48 bits per heavy atom. The highest BCUT2D eigenvalue weighted by atomic mass is 16.6. The molecular formula is C15H19N5O3. The highest BCUT2D eigenvalue weighted by molar-refractivity contribution is 5.92. The predicted octanol–water partition coefficient (Wildman–Crippen LogP) is 1.71. The summed E-state index contributed by atoms with van der Waals surface area (Å²) in [7, 11) is 3.69. The molecule has 0 saturated heterocycles. The molecule has 23 heavy (non-hydrogen) atoms. The normalized spacial score (nSPS) is 10.8. The average molecular weight is 317 g/mol. The lowest BCUT2D eigenvalue weighted by Crippen LogP contribution is -2.29. The minimum Gasteiger partial charge on any atom is -0.325 e. The zero-order valence-corrected chi connectivity index (χ0v) is 13.3. The van der Waals surface area contributed by atoms with Gasteiger partial charge in [0.15, 0.2) is 0 Å². The van der Waals surface area contributed by atoms with E-state index >= 15 is 0 Å². The molecule has 1 aromatic carbocycles. The van der Waals surface area contributed by atoms with Gasteiger partial charge in [-0.05, 0) is 20.0 Å². The van der Waals surface area contributed by atoms with Gasteiger partial charge in [0.2, 0.25) is 5.91 Å². The molecule has 2 aromatic rings. The highest BCUT2D eigenvalue weighted by Crippen LogP contribution is 2.17. The number of nitro benzene ring substituents is 1. The lowest BCUT2D eigenvalue weighted by molar-refractivity contribution is -0.384. The molecule has 1 aromatic heterocycles. The topological polar surface area (TPSA) is 93.3 Å². The van der Waals surface area contributed by atoms with Crippen LogP contribution in [0.25, 0.3) is 0 Å². The van der Waals surface area contributed by atoms with Crippen molar-refractivity contribution in [3.05, 3.63) is 51.8 Å². The number of nitrogens with zero attached hydrogens (tertiary/aromatic N) is 4. The number of nitro groups is 1. The van der Waals surface area contributed by atoms with Crippen LogP contribution < -0.4 is 5.32 Å². The number of non-ortho nitro benzene ring substituents is 1. The van der Waals surface area contributed by atoms with E-state index in [0.29, 0.717) is 12.2 Å². The fourth-order valence-corrected chi connectivity index (χ4v) is 2.29. The Hall–Kier alpha value is -2.74. The van der Waals surface area contributed by atoms with Gasteiger partial charge in [0, 0.05) is 43.2 Å². The lowest BCUT2D eigenvalue weighted by Gasteiger charge is -2.15. The number of amides is 1. The summed E-state index contributed by atoms with van der Waals surface area (Å²) >= 11 is 0.